The number of morpholine rings is 1. The number of carbonyl (C=O) groups is 1. The average Bonchev–Trinajstić information content (AvgIpc) is 2.88. The first kappa shape index (κ1) is 16.6. The van der Waals surface area contributed by atoms with Crippen molar-refractivity contribution in [2.75, 3.05) is 36.5 Å². The summed E-state index contributed by atoms with van der Waals surface area (Å²) in [7, 11) is 0. The smallest absolute Gasteiger partial charge is 0.267 e. The van der Waals surface area contributed by atoms with E-state index in [0.717, 1.165) is 23.7 Å². The van der Waals surface area contributed by atoms with Gasteiger partial charge in [0.15, 0.2) is 5.13 Å². The minimum atomic E-state index is -0.322. The highest BCUT2D eigenvalue weighted by Gasteiger charge is 2.15. The van der Waals surface area contributed by atoms with Crippen molar-refractivity contribution in [2.24, 2.45) is 0 Å². The van der Waals surface area contributed by atoms with Gasteiger partial charge in [-0.05, 0) is 19.9 Å². The van der Waals surface area contributed by atoms with Crippen molar-refractivity contribution in [1.29, 1.82) is 0 Å². The zero-order valence-electron chi connectivity index (χ0n) is 13.6. The van der Waals surface area contributed by atoms with Crippen molar-refractivity contribution in [3.63, 3.8) is 0 Å². The molecule has 2 aromatic heterocycles. The van der Waals surface area contributed by atoms with Gasteiger partial charge in [-0.1, -0.05) is 0 Å². The van der Waals surface area contributed by atoms with Gasteiger partial charge in [0.05, 0.1) is 18.9 Å². The molecule has 1 N–H and O–H groups in total. The van der Waals surface area contributed by atoms with Gasteiger partial charge in [0.1, 0.15) is 12.4 Å². The Kier molecular flexibility index (Phi) is 4.91. The molecule has 2 aromatic rings. The molecular weight excluding hydrogens is 330 g/mol. The molecular formula is C15H19N5O3S. The molecule has 0 unspecified atom stereocenters. The van der Waals surface area contributed by atoms with Crippen molar-refractivity contribution < 1.29 is 9.53 Å². The fourth-order valence-corrected chi connectivity index (χ4v) is 3.16. The number of amides is 1. The highest BCUT2D eigenvalue weighted by Crippen LogP contribution is 2.20. The second-order valence-electron chi connectivity index (χ2n) is 5.50. The summed E-state index contributed by atoms with van der Waals surface area (Å²) in [5, 5.41) is 7.55. The fourth-order valence-electron chi connectivity index (χ4n) is 2.33. The summed E-state index contributed by atoms with van der Waals surface area (Å²) < 4.78 is 6.48. The summed E-state index contributed by atoms with van der Waals surface area (Å²) in [6.07, 6.45) is 0. The van der Waals surface area contributed by atoms with Crippen molar-refractivity contribution >= 4 is 28.2 Å². The molecule has 3 heterocycles. The molecule has 24 heavy (non-hydrogen) atoms. The van der Waals surface area contributed by atoms with Crippen LogP contribution in [0.2, 0.25) is 0 Å². The molecule has 1 aliphatic rings. The number of rotatable bonds is 4. The zero-order chi connectivity index (χ0) is 17.1. The first-order valence-electron chi connectivity index (χ1n) is 7.67. The highest BCUT2D eigenvalue weighted by molar-refractivity contribution is 7.15. The molecule has 0 aliphatic carbocycles. The van der Waals surface area contributed by atoms with E-state index in [0.29, 0.717) is 24.2 Å². The van der Waals surface area contributed by atoms with Gasteiger partial charge >= 0.3 is 0 Å². The summed E-state index contributed by atoms with van der Waals surface area (Å²) in [5.41, 5.74) is 0.577. The normalized spacial score (nSPS) is 14.7. The number of aromatic nitrogens is 3. The minimum Gasteiger partial charge on any atom is -0.378 e. The topological polar surface area (TPSA) is 89.3 Å². The van der Waals surface area contributed by atoms with Gasteiger partial charge < -0.3 is 15.0 Å². The molecule has 3 rings (SSSR count). The quantitative estimate of drug-likeness (QED) is 0.878. The van der Waals surface area contributed by atoms with Crippen LogP contribution in [0.5, 0.6) is 0 Å². The highest BCUT2D eigenvalue weighted by atomic mass is 32.1. The number of aryl methyl sites for hydroxylation is 2. The largest absolute Gasteiger partial charge is 0.378 e. The Morgan fingerprint density at radius 1 is 1.33 bits per heavy atom. The minimum absolute atomic E-state index is 0.144. The van der Waals surface area contributed by atoms with Gasteiger partial charge in [-0.25, -0.2) is 9.67 Å². The van der Waals surface area contributed by atoms with E-state index in [1.807, 2.05) is 18.7 Å². The van der Waals surface area contributed by atoms with Gasteiger partial charge in [-0.3, -0.25) is 9.59 Å². The van der Waals surface area contributed by atoms with Crippen molar-refractivity contribution in [1.82, 2.24) is 14.8 Å². The molecule has 0 bridgehead atoms. The molecule has 0 atom stereocenters. The van der Waals surface area contributed by atoms with E-state index in [4.69, 9.17) is 4.74 Å². The van der Waals surface area contributed by atoms with Gasteiger partial charge in [0.25, 0.3) is 5.56 Å². The van der Waals surface area contributed by atoms with Crippen molar-refractivity contribution in [3.8, 4) is 0 Å². The molecule has 1 fully saturated rings. The van der Waals surface area contributed by atoms with Gasteiger partial charge in [-0.2, -0.15) is 5.10 Å². The van der Waals surface area contributed by atoms with E-state index in [2.05, 4.69) is 15.4 Å². The van der Waals surface area contributed by atoms with E-state index in [-0.39, 0.29) is 18.0 Å². The lowest BCUT2D eigenvalue weighted by atomic mass is 10.4. The number of anilines is 2. The second-order valence-corrected chi connectivity index (χ2v) is 6.70. The van der Waals surface area contributed by atoms with Crippen LogP contribution in [0.3, 0.4) is 0 Å². The Morgan fingerprint density at radius 2 is 2.08 bits per heavy atom. The van der Waals surface area contributed by atoms with Crippen LogP contribution in [0.25, 0.3) is 0 Å². The third-order valence-corrected chi connectivity index (χ3v) is 4.74. The Hall–Kier alpha value is -2.26. The Bertz CT molecular complexity index is 775. The summed E-state index contributed by atoms with van der Waals surface area (Å²) in [6, 6.07) is 3.11. The molecule has 0 spiro atoms. The lowest BCUT2D eigenvalue weighted by Crippen LogP contribution is -2.38. The van der Waals surface area contributed by atoms with Crippen LogP contribution in [-0.2, 0) is 16.1 Å². The van der Waals surface area contributed by atoms with E-state index >= 15 is 0 Å². The Labute approximate surface area is 143 Å². The monoisotopic (exact) mass is 349 g/mol. The van der Waals surface area contributed by atoms with Gasteiger partial charge in [-0.15, -0.1) is 11.3 Å². The molecule has 0 radical (unpaired) electrons. The average molecular weight is 349 g/mol. The van der Waals surface area contributed by atoms with Crippen LogP contribution >= 0.6 is 11.3 Å². The molecule has 0 saturated carbocycles. The van der Waals surface area contributed by atoms with Crippen LogP contribution in [0.15, 0.2) is 16.9 Å². The molecule has 1 amide bonds. The van der Waals surface area contributed by atoms with Crippen LogP contribution in [0.1, 0.15) is 10.6 Å². The number of nitrogens with one attached hydrogen (secondary N) is 1. The van der Waals surface area contributed by atoms with Crippen LogP contribution < -0.4 is 15.8 Å². The summed E-state index contributed by atoms with van der Waals surface area (Å²) in [4.78, 5) is 31.5. The molecule has 1 saturated heterocycles. The van der Waals surface area contributed by atoms with Crippen molar-refractivity contribution in [2.45, 2.75) is 20.4 Å². The molecule has 128 valence electrons. The van der Waals surface area contributed by atoms with Gasteiger partial charge in [0.2, 0.25) is 5.91 Å². The van der Waals surface area contributed by atoms with Gasteiger partial charge in [0, 0.05) is 24.0 Å². The van der Waals surface area contributed by atoms with Crippen LogP contribution in [0.4, 0.5) is 10.9 Å². The first-order chi connectivity index (χ1) is 11.5. The summed E-state index contributed by atoms with van der Waals surface area (Å²) in [5.74, 6) is 0.351. The molecule has 1 aliphatic heterocycles. The number of thiazole rings is 1. The SMILES string of the molecule is Cc1nc(NC(=O)Cn2nc(N3CCOCC3)ccc2=O)sc1C. The molecule has 0 aromatic carbocycles. The Morgan fingerprint density at radius 3 is 2.75 bits per heavy atom. The number of hydrogen-bond donors (Lipinski definition) is 1. The molecule has 9 heteroatoms. The number of ether oxygens (including phenoxy) is 1. The predicted octanol–water partition coefficient (Wildman–Crippen LogP) is 0.792. The third-order valence-electron chi connectivity index (χ3n) is 3.76. The number of carbonyl (C=O) groups excluding carboxylic acids is 1. The van der Waals surface area contributed by atoms with E-state index in [1.165, 1.54) is 22.1 Å². The second kappa shape index (κ2) is 7.10. The lowest BCUT2D eigenvalue weighted by molar-refractivity contribution is -0.117. The summed E-state index contributed by atoms with van der Waals surface area (Å²) >= 11 is 1.41. The van der Waals surface area contributed by atoms with Crippen LogP contribution in [0, 0.1) is 13.8 Å². The number of nitrogens with zero attached hydrogens (tertiary/aromatic N) is 4. The maximum absolute atomic E-state index is 12.2. The summed E-state index contributed by atoms with van der Waals surface area (Å²) in [6.45, 7) is 6.38. The maximum Gasteiger partial charge on any atom is 0.267 e. The van der Waals surface area contributed by atoms with E-state index in [1.54, 1.807) is 6.07 Å². The first-order valence-corrected chi connectivity index (χ1v) is 8.49. The third kappa shape index (κ3) is 3.80. The maximum atomic E-state index is 12.2. The van der Waals surface area contributed by atoms with E-state index < -0.39 is 0 Å². The van der Waals surface area contributed by atoms with E-state index in [9.17, 15) is 9.59 Å². The van der Waals surface area contributed by atoms with Crippen molar-refractivity contribution in [3.05, 3.63) is 33.1 Å². The lowest BCUT2D eigenvalue weighted by Gasteiger charge is -2.27. The standard InChI is InChI=1S/C15H19N5O3S/c1-10-11(2)24-15(16-10)17-13(21)9-20-14(22)4-3-12(18-20)19-5-7-23-8-6-19/h3-4H,5-9H2,1-2H3,(H,16,17,21). The zero-order valence-corrected chi connectivity index (χ0v) is 14.4. The molecule has 8 nitrogen and oxygen atoms in total. The Balaban J connectivity index is 1.71. The number of hydrogen-bond acceptors (Lipinski definition) is 7. The van der Waals surface area contributed by atoms with Crippen LogP contribution in [-0.4, -0.2) is 47.0 Å². The predicted molar refractivity (Wildman–Crippen MR) is 91.7 cm³/mol. The fraction of sp³-hybridized carbons (Fsp3) is 0.467.